The number of benzene rings is 1. The largest absolute Gasteiger partial charge is 0.288 e. The molecule has 1 amide bonds. The minimum atomic E-state index is -0.314. The summed E-state index contributed by atoms with van der Waals surface area (Å²) in [5, 5.41) is 1.51. The Bertz CT molecular complexity index is 611. The van der Waals surface area contributed by atoms with Crippen LogP contribution in [0.25, 0.3) is 6.08 Å². The third-order valence-corrected chi connectivity index (χ3v) is 2.16. The van der Waals surface area contributed by atoms with Crippen molar-refractivity contribution in [2.45, 2.75) is 0 Å². The number of hydrogen-bond acceptors (Lipinski definition) is 3. The normalized spacial score (nSPS) is 15.9. The average Bonchev–Trinajstić information content (AvgIpc) is 2.65. The zero-order valence-corrected chi connectivity index (χ0v) is 7.14. The van der Waals surface area contributed by atoms with Gasteiger partial charge in [-0.15, -0.1) is 0 Å². The van der Waals surface area contributed by atoms with Gasteiger partial charge in [-0.2, -0.15) is 0 Å². The Morgan fingerprint density at radius 1 is 1.07 bits per heavy atom. The molecule has 2 aliphatic rings. The van der Waals surface area contributed by atoms with Crippen LogP contribution < -0.4 is 10.6 Å². The van der Waals surface area contributed by atoms with Crippen molar-refractivity contribution in [2.24, 2.45) is 15.0 Å². The fourth-order valence-corrected chi connectivity index (χ4v) is 1.54. The molecule has 0 aliphatic carbocycles. The summed E-state index contributed by atoms with van der Waals surface area (Å²) in [4.78, 5) is 23.1. The van der Waals surface area contributed by atoms with Crippen LogP contribution in [0.5, 0.6) is 0 Å². The summed E-state index contributed by atoms with van der Waals surface area (Å²) < 4.78 is 0. The van der Waals surface area contributed by atoms with Crippen LogP contribution >= 0.6 is 0 Å². The van der Waals surface area contributed by atoms with Gasteiger partial charge in [0.1, 0.15) is 5.36 Å². The molecule has 14 heavy (non-hydrogen) atoms. The van der Waals surface area contributed by atoms with Crippen molar-refractivity contribution >= 4 is 35.8 Å². The molecule has 1 aromatic rings. The number of amides is 1. The molecule has 0 bridgehead atoms. The number of carbonyl (C=O) groups is 1. The molecular weight excluding hydrogens is 178 g/mol. The van der Waals surface area contributed by atoms with Crippen LogP contribution in [0, 0.1) is 0 Å². The van der Waals surface area contributed by atoms with E-state index in [9.17, 15) is 4.79 Å². The lowest BCUT2D eigenvalue weighted by atomic mass is 10.2. The van der Waals surface area contributed by atoms with Gasteiger partial charge in [0, 0.05) is 11.4 Å². The van der Waals surface area contributed by atoms with E-state index < -0.39 is 0 Å². The van der Waals surface area contributed by atoms with Crippen LogP contribution in [0.3, 0.4) is 0 Å². The lowest BCUT2D eigenvalue weighted by Gasteiger charge is -2.00. The van der Waals surface area contributed by atoms with Gasteiger partial charge in [0.05, 0.1) is 17.6 Å². The fourth-order valence-electron chi connectivity index (χ4n) is 1.54. The van der Waals surface area contributed by atoms with E-state index in [0.29, 0.717) is 5.36 Å². The van der Waals surface area contributed by atoms with Gasteiger partial charge in [0.25, 0.3) is 5.91 Å². The SMILES string of the molecule is O=C1C=Nc2ccc3c(c2=N1)=CC=N3. The summed E-state index contributed by atoms with van der Waals surface area (Å²) in [6, 6.07) is 3.69. The molecule has 0 fully saturated rings. The van der Waals surface area contributed by atoms with Crippen LogP contribution in [-0.2, 0) is 4.79 Å². The Morgan fingerprint density at radius 2 is 1.93 bits per heavy atom. The summed E-state index contributed by atoms with van der Waals surface area (Å²) in [7, 11) is 0. The van der Waals surface area contributed by atoms with Crippen molar-refractivity contribution in [3.63, 3.8) is 0 Å². The molecule has 0 saturated carbocycles. The van der Waals surface area contributed by atoms with Crippen molar-refractivity contribution in [3.05, 3.63) is 22.7 Å². The molecule has 0 atom stereocenters. The molecule has 4 nitrogen and oxygen atoms in total. The molecule has 0 radical (unpaired) electrons. The van der Waals surface area contributed by atoms with E-state index >= 15 is 0 Å². The van der Waals surface area contributed by atoms with Gasteiger partial charge < -0.3 is 0 Å². The van der Waals surface area contributed by atoms with Crippen LogP contribution in [0.4, 0.5) is 11.4 Å². The monoisotopic (exact) mass is 183 g/mol. The van der Waals surface area contributed by atoms with Gasteiger partial charge in [-0.3, -0.25) is 9.79 Å². The van der Waals surface area contributed by atoms with E-state index in [1.165, 1.54) is 6.21 Å². The summed E-state index contributed by atoms with van der Waals surface area (Å²) in [6.45, 7) is 0. The van der Waals surface area contributed by atoms with Crippen molar-refractivity contribution < 1.29 is 4.79 Å². The summed E-state index contributed by atoms with van der Waals surface area (Å²) in [5.74, 6) is -0.314. The van der Waals surface area contributed by atoms with Gasteiger partial charge >= 0.3 is 0 Å². The second kappa shape index (κ2) is 2.45. The first-order chi connectivity index (χ1) is 6.84. The summed E-state index contributed by atoms with van der Waals surface area (Å²) in [5.41, 5.74) is 1.57. The first-order valence-corrected chi connectivity index (χ1v) is 4.19. The van der Waals surface area contributed by atoms with E-state index in [0.717, 1.165) is 16.6 Å². The quantitative estimate of drug-likeness (QED) is 0.560. The van der Waals surface area contributed by atoms with Gasteiger partial charge in [0.15, 0.2) is 0 Å². The Morgan fingerprint density at radius 3 is 2.86 bits per heavy atom. The molecule has 0 saturated heterocycles. The molecule has 0 aromatic heterocycles. The summed E-state index contributed by atoms with van der Waals surface area (Å²) >= 11 is 0. The van der Waals surface area contributed by atoms with Crippen LogP contribution in [0.2, 0.25) is 0 Å². The third-order valence-electron chi connectivity index (χ3n) is 2.16. The fraction of sp³-hybridized carbons (Fsp3) is 0. The lowest BCUT2D eigenvalue weighted by Crippen LogP contribution is -2.28. The second-order valence-corrected chi connectivity index (χ2v) is 3.02. The van der Waals surface area contributed by atoms with Crippen LogP contribution in [-0.4, -0.2) is 18.3 Å². The van der Waals surface area contributed by atoms with Crippen LogP contribution in [0.15, 0.2) is 27.1 Å². The zero-order valence-electron chi connectivity index (χ0n) is 7.14. The van der Waals surface area contributed by atoms with Crippen LogP contribution in [0.1, 0.15) is 0 Å². The van der Waals surface area contributed by atoms with Crippen molar-refractivity contribution in [2.75, 3.05) is 0 Å². The van der Waals surface area contributed by atoms with E-state index in [1.54, 1.807) is 6.21 Å². The number of fused-ring (bicyclic) bond motifs is 3. The number of carbonyl (C=O) groups excluding carboxylic acids is 1. The van der Waals surface area contributed by atoms with E-state index in [2.05, 4.69) is 15.0 Å². The highest BCUT2D eigenvalue weighted by atomic mass is 16.1. The lowest BCUT2D eigenvalue weighted by molar-refractivity contribution is -0.111. The average molecular weight is 183 g/mol. The topological polar surface area (TPSA) is 54.1 Å². The van der Waals surface area contributed by atoms with E-state index in [4.69, 9.17) is 0 Å². The van der Waals surface area contributed by atoms with Gasteiger partial charge in [-0.05, 0) is 18.2 Å². The smallest absolute Gasteiger partial charge is 0.266 e. The maximum absolute atomic E-state index is 11.1. The minimum Gasteiger partial charge on any atom is -0.266 e. The van der Waals surface area contributed by atoms with Crippen molar-refractivity contribution in [1.29, 1.82) is 0 Å². The maximum Gasteiger partial charge on any atom is 0.288 e. The zero-order chi connectivity index (χ0) is 9.54. The Balaban J connectivity index is 2.51. The molecule has 4 heteroatoms. The highest BCUT2D eigenvalue weighted by molar-refractivity contribution is 6.28. The number of nitrogens with zero attached hydrogens (tertiary/aromatic N) is 3. The second-order valence-electron chi connectivity index (χ2n) is 3.02. The Hall–Kier alpha value is -2.10. The highest BCUT2D eigenvalue weighted by Crippen LogP contribution is 2.12. The van der Waals surface area contributed by atoms with Gasteiger partial charge in [-0.1, -0.05) is 0 Å². The van der Waals surface area contributed by atoms with E-state index in [1.807, 2.05) is 18.2 Å². The predicted molar refractivity (Wildman–Crippen MR) is 53.0 cm³/mol. The minimum absolute atomic E-state index is 0.314. The predicted octanol–water partition coefficient (Wildman–Crippen LogP) is 0.0451. The molecule has 0 N–H and O–H groups in total. The first-order valence-electron chi connectivity index (χ1n) is 4.19. The van der Waals surface area contributed by atoms with Crippen molar-refractivity contribution in [1.82, 2.24) is 0 Å². The first kappa shape index (κ1) is 7.32. The number of hydrogen-bond donors (Lipinski definition) is 0. The molecule has 1 aromatic carbocycles. The highest BCUT2D eigenvalue weighted by Gasteiger charge is 2.09. The maximum atomic E-state index is 11.1. The number of aliphatic imine (C=N–C) groups is 2. The molecular formula is C10H5N3O. The van der Waals surface area contributed by atoms with Gasteiger partial charge in [-0.25, -0.2) is 9.98 Å². The van der Waals surface area contributed by atoms with Gasteiger partial charge in [0.2, 0.25) is 0 Å². The van der Waals surface area contributed by atoms with Crippen molar-refractivity contribution in [3.8, 4) is 0 Å². The summed E-state index contributed by atoms with van der Waals surface area (Å²) in [6.07, 6.45) is 4.76. The molecule has 0 unspecified atom stereocenters. The molecule has 3 rings (SSSR count). The Kier molecular flexibility index (Phi) is 1.28. The number of rotatable bonds is 0. The Labute approximate surface area is 79.0 Å². The molecule has 2 aliphatic heterocycles. The molecule has 2 heterocycles. The molecule has 66 valence electrons. The van der Waals surface area contributed by atoms with E-state index in [-0.39, 0.29) is 5.91 Å². The molecule has 0 spiro atoms. The standard InChI is InChI=1S/C10H5N3O/c14-9-5-12-8-2-1-7-6(3-4-11-7)10(8)13-9/h1-5H. The third kappa shape index (κ3) is 0.877.